The van der Waals surface area contributed by atoms with Crippen LogP contribution in [0.1, 0.15) is 43.0 Å². The maximum atomic E-state index is 12.6. The Bertz CT molecular complexity index is 1070. The molecule has 148 valence electrons. The molecule has 4 nitrogen and oxygen atoms in total. The van der Waals surface area contributed by atoms with Gasteiger partial charge >= 0.3 is 0 Å². The Kier molecular flexibility index (Phi) is 5.35. The summed E-state index contributed by atoms with van der Waals surface area (Å²) in [5.74, 6) is -0.404. The second kappa shape index (κ2) is 7.60. The normalized spacial score (nSPS) is 15.3. The molecular weight excluding hydrogens is 358 g/mol. The molecule has 1 aliphatic heterocycles. The molecule has 2 aromatic carbocycles. The molecule has 3 rings (SSSR count). The molecule has 0 spiro atoms. The van der Waals surface area contributed by atoms with Crippen molar-refractivity contribution < 1.29 is 4.79 Å². The summed E-state index contributed by atoms with van der Waals surface area (Å²) in [7, 11) is 2.09. The fourth-order valence-corrected chi connectivity index (χ4v) is 3.61. The number of rotatable bonds is 3. The number of hydrogen-bond donors (Lipinski definition) is 1. The molecule has 1 aliphatic rings. The van der Waals surface area contributed by atoms with Crippen LogP contribution in [0, 0.1) is 25.2 Å². The molecule has 2 aromatic rings. The van der Waals surface area contributed by atoms with Gasteiger partial charge in [-0.3, -0.25) is 4.79 Å². The topological polar surface area (TPSA) is 56.1 Å². The predicted molar refractivity (Wildman–Crippen MR) is 121 cm³/mol. The number of aryl methyl sites for hydroxylation is 2. The minimum absolute atomic E-state index is 0.0629. The number of hydrogen-bond acceptors (Lipinski definition) is 3. The summed E-state index contributed by atoms with van der Waals surface area (Å²) >= 11 is 0. The zero-order valence-electron chi connectivity index (χ0n) is 17.9. The highest BCUT2D eigenvalue weighted by molar-refractivity contribution is 6.09. The van der Waals surface area contributed by atoms with Gasteiger partial charge < -0.3 is 10.2 Å². The smallest absolute Gasteiger partial charge is 0.266 e. The van der Waals surface area contributed by atoms with Crippen LogP contribution in [0.4, 0.5) is 11.4 Å². The summed E-state index contributed by atoms with van der Waals surface area (Å²) < 4.78 is 0. The minimum atomic E-state index is -0.404. The maximum absolute atomic E-state index is 12.6. The highest BCUT2D eigenvalue weighted by atomic mass is 16.1. The van der Waals surface area contributed by atoms with E-state index in [0.717, 1.165) is 27.9 Å². The van der Waals surface area contributed by atoms with Crippen LogP contribution in [0.25, 0.3) is 11.6 Å². The molecule has 0 atom stereocenters. The summed E-state index contributed by atoms with van der Waals surface area (Å²) in [5, 5.41) is 12.4. The molecular formula is C25H27N3O. The third-order valence-electron chi connectivity index (χ3n) is 5.58. The Morgan fingerprint density at radius 1 is 1.14 bits per heavy atom. The number of carbonyl (C=O) groups is 1. The lowest BCUT2D eigenvalue weighted by Crippen LogP contribution is -2.42. The predicted octanol–water partition coefficient (Wildman–Crippen LogP) is 5.48. The van der Waals surface area contributed by atoms with E-state index < -0.39 is 5.91 Å². The molecule has 29 heavy (non-hydrogen) atoms. The number of anilines is 2. The zero-order valence-corrected chi connectivity index (χ0v) is 17.9. The Hall–Kier alpha value is -3.32. The summed E-state index contributed by atoms with van der Waals surface area (Å²) in [4.78, 5) is 14.9. The van der Waals surface area contributed by atoms with Gasteiger partial charge in [-0.15, -0.1) is 0 Å². The Morgan fingerprint density at radius 3 is 2.41 bits per heavy atom. The number of fused-ring (bicyclic) bond motifs is 1. The van der Waals surface area contributed by atoms with Crippen LogP contribution < -0.4 is 10.2 Å². The van der Waals surface area contributed by atoms with Crippen molar-refractivity contribution >= 4 is 28.9 Å². The van der Waals surface area contributed by atoms with Crippen molar-refractivity contribution in [3.05, 3.63) is 70.3 Å². The number of carbonyl (C=O) groups excluding carboxylic acids is 1. The largest absolute Gasteiger partial charge is 0.365 e. The number of nitrogens with one attached hydrogen (secondary N) is 1. The van der Waals surface area contributed by atoms with E-state index in [0.29, 0.717) is 5.69 Å². The second-order valence-electron chi connectivity index (χ2n) is 8.26. The molecule has 0 unspecified atom stereocenters. The van der Waals surface area contributed by atoms with Crippen molar-refractivity contribution in [1.82, 2.24) is 0 Å². The summed E-state index contributed by atoms with van der Waals surface area (Å²) in [6.07, 6.45) is 3.92. The zero-order chi connectivity index (χ0) is 21.3. The van der Waals surface area contributed by atoms with E-state index in [9.17, 15) is 10.1 Å². The molecule has 0 aromatic heterocycles. The third-order valence-corrected chi connectivity index (χ3v) is 5.58. The first-order valence-corrected chi connectivity index (χ1v) is 9.70. The van der Waals surface area contributed by atoms with E-state index in [1.807, 2.05) is 44.2 Å². The Balaban J connectivity index is 1.96. The van der Waals surface area contributed by atoms with E-state index >= 15 is 0 Å². The van der Waals surface area contributed by atoms with Crippen molar-refractivity contribution in [3.63, 3.8) is 0 Å². The number of likely N-dealkylation sites (N-methyl/N-ethyl adjacent to an activating group) is 1. The first-order chi connectivity index (χ1) is 13.6. The lowest BCUT2D eigenvalue weighted by molar-refractivity contribution is -0.112. The third kappa shape index (κ3) is 4.09. The minimum Gasteiger partial charge on any atom is -0.365 e. The fourth-order valence-electron chi connectivity index (χ4n) is 3.61. The molecule has 0 saturated carbocycles. The molecule has 1 heterocycles. The van der Waals surface area contributed by atoms with Crippen molar-refractivity contribution in [2.45, 2.75) is 40.2 Å². The van der Waals surface area contributed by atoms with Crippen molar-refractivity contribution in [1.29, 1.82) is 5.26 Å². The van der Waals surface area contributed by atoms with Gasteiger partial charge in [0.15, 0.2) is 0 Å². The van der Waals surface area contributed by atoms with Crippen LogP contribution in [0.5, 0.6) is 0 Å². The van der Waals surface area contributed by atoms with E-state index in [1.165, 1.54) is 5.57 Å². The van der Waals surface area contributed by atoms with Crippen LogP contribution in [0.15, 0.2) is 48.0 Å². The van der Waals surface area contributed by atoms with Crippen molar-refractivity contribution in [2.24, 2.45) is 0 Å². The molecule has 1 N–H and O–H groups in total. The lowest BCUT2D eigenvalue weighted by Gasteiger charge is -2.41. The van der Waals surface area contributed by atoms with Crippen molar-refractivity contribution in [2.75, 3.05) is 17.3 Å². The van der Waals surface area contributed by atoms with Crippen LogP contribution in [0.2, 0.25) is 0 Å². The molecule has 0 saturated heterocycles. The highest BCUT2D eigenvalue weighted by Crippen LogP contribution is 2.39. The molecule has 0 aliphatic carbocycles. The van der Waals surface area contributed by atoms with Gasteiger partial charge in [0.1, 0.15) is 11.6 Å². The van der Waals surface area contributed by atoms with Crippen LogP contribution in [0.3, 0.4) is 0 Å². The quantitative estimate of drug-likeness (QED) is 0.562. The van der Waals surface area contributed by atoms with E-state index in [4.69, 9.17) is 0 Å². The number of allylic oxidation sites excluding steroid dienone is 1. The van der Waals surface area contributed by atoms with Gasteiger partial charge in [0.2, 0.25) is 0 Å². The number of nitrogens with zero attached hydrogens (tertiary/aromatic N) is 2. The van der Waals surface area contributed by atoms with E-state index in [2.05, 4.69) is 56.2 Å². The average Bonchev–Trinajstić information content (AvgIpc) is 2.66. The summed E-state index contributed by atoms with van der Waals surface area (Å²) in [5.41, 5.74) is 7.18. The molecule has 0 fully saturated rings. The maximum Gasteiger partial charge on any atom is 0.266 e. The monoisotopic (exact) mass is 385 g/mol. The van der Waals surface area contributed by atoms with E-state index in [1.54, 1.807) is 6.08 Å². The average molecular weight is 386 g/mol. The molecule has 1 amide bonds. The van der Waals surface area contributed by atoms with Gasteiger partial charge in [0, 0.05) is 24.0 Å². The summed E-state index contributed by atoms with van der Waals surface area (Å²) in [6, 6.07) is 13.8. The number of nitriles is 1. The van der Waals surface area contributed by atoms with Gasteiger partial charge in [0.25, 0.3) is 5.91 Å². The number of amides is 1. The SMILES string of the molecule is CC1=CC(C)(C)N(C)c2cc(C)c(/C=C(\C#N)C(=O)Nc3ccc(C)cc3)cc21. The van der Waals surface area contributed by atoms with Crippen LogP contribution in [-0.4, -0.2) is 18.5 Å². The standard InChI is InChI=1S/C25H27N3O/c1-16-7-9-21(10-8-16)27-24(29)20(15-26)12-19-13-22-18(3)14-25(4,5)28(6)23(22)11-17(19)2/h7-14H,1-6H3,(H,27,29)/b20-12+. The molecule has 0 bridgehead atoms. The second-order valence-corrected chi connectivity index (χ2v) is 8.26. The Morgan fingerprint density at radius 2 is 1.79 bits per heavy atom. The lowest BCUT2D eigenvalue weighted by atomic mass is 9.87. The number of benzene rings is 2. The van der Waals surface area contributed by atoms with Gasteiger partial charge in [-0.2, -0.15) is 5.26 Å². The van der Waals surface area contributed by atoms with Crippen LogP contribution >= 0.6 is 0 Å². The Labute approximate surface area is 173 Å². The van der Waals surface area contributed by atoms with Gasteiger partial charge in [-0.05, 0) is 81.7 Å². The summed E-state index contributed by atoms with van der Waals surface area (Å²) in [6.45, 7) is 10.5. The first kappa shape index (κ1) is 20.4. The van der Waals surface area contributed by atoms with Gasteiger partial charge in [-0.25, -0.2) is 0 Å². The van der Waals surface area contributed by atoms with Crippen molar-refractivity contribution in [3.8, 4) is 6.07 Å². The fraction of sp³-hybridized carbons (Fsp3) is 0.280. The first-order valence-electron chi connectivity index (χ1n) is 9.70. The highest BCUT2D eigenvalue weighted by Gasteiger charge is 2.28. The van der Waals surface area contributed by atoms with Gasteiger partial charge in [-0.1, -0.05) is 23.8 Å². The van der Waals surface area contributed by atoms with Gasteiger partial charge in [0.05, 0.1) is 5.54 Å². The molecule has 0 radical (unpaired) electrons. The molecule has 4 heteroatoms. The van der Waals surface area contributed by atoms with Crippen LogP contribution in [-0.2, 0) is 4.79 Å². The van der Waals surface area contributed by atoms with E-state index in [-0.39, 0.29) is 11.1 Å².